The summed E-state index contributed by atoms with van der Waals surface area (Å²) >= 11 is 0. The Morgan fingerprint density at radius 2 is 1.29 bits per heavy atom. The second kappa shape index (κ2) is 16.7. The molecule has 0 unspecified atom stereocenters. The van der Waals surface area contributed by atoms with Crippen molar-refractivity contribution in [2.45, 2.75) is 38.5 Å². The highest BCUT2D eigenvalue weighted by Gasteiger charge is 1.95. The summed E-state index contributed by atoms with van der Waals surface area (Å²) in [5.74, 6) is 9.78. The molecule has 0 fully saturated rings. The smallest absolute Gasteiger partial charge is 0.119 e. The minimum atomic E-state index is 0. The van der Waals surface area contributed by atoms with Gasteiger partial charge in [-0.1, -0.05) is 25.7 Å². The molecule has 8 N–H and O–H groups in total. The third kappa shape index (κ3) is 12.1. The number of ether oxygens (including phenoxy) is 2. The first kappa shape index (κ1) is 21.9. The lowest BCUT2D eigenvalue weighted by molar-refractivity contribution is 0.303. The van der Waals surface area contributed by atoms with Gasteiger partial charge in [0.25, 0.3) is 0 Å². The molecule has 124 valence electrons. The summed E-state index contributed by atoms with van der Waals surface area (Å²) < 4.78 is 10.8. The van der Waals surface area contributed by atoms with Crippen LogP contribution in [0.1, 0.15) is 38.5 Å². The van der Waals surface area contributed by atoms with Crippen LogP contribution >= 0.6 is 0 Å². The Morgan fingerprint density at radius 3 is 1.81 bits per heavy atom. The Kier molecular flexibility index (Phi) is 17.5. The van der Waals surface area contributed by atoms with Crippen molar-refractivity contribution in [1.29, 1.82) is 0 Å². The Hall–Kier alpha value is -1.34. The van der Waals surface area contributed by atoms with E-state index in [4.69, 9.17) is 15.2 Å². The van der Waals surface area contributed by atoms with Crippen LogP contribution in [0, 0.1) is 0 Å². The van der Waals surface area contributed by atoms with Crippen molar-refractivity contribution in [2.75, 3.05) is 20.3 Å². The molecule has 21 heavy (non-hydrogen) atoms. The molecular formula is C15H31N3O3. The maximum atomic E-state index is 5.66. The van der Waals surface area contributed by atoms with E-state index in [1.165, 1.54) is 25.7 Å². The van der Waals surface area contributed by atoms with E-state index in [0.29, 0.717) is 0 Å². The molecule has 1 aromatic carbocycles. The molecule has 0 aromatic heterocycles. The van der Waals surface area contributed by atoms with E-state index < -0.39 is 0 Å². The third-order valence-corrected chi connectivity index (χ3v) is 2.93. The number of unbranched alkanes of at least 4 members (excludes halogenated alkanes) is 5. The van der Waals surface area contributed by atoms with E-state index in [1.807, 2.05) is 24.3 Å². The topological polar surface area (TPSA) is 128 Å². The molecule has 0 aliphatic carbocycles. The number of hydrogen-bond donors (Lipinski definition) is 3. The first-order chi connectivity index (χ1) is 9.86. The number of nitrogens with two attached hydrogens (primary N) is 3. The number of methoxy groups -OCH3 is 1. The number of hydrazine groups is 1. The molecule has 0 bridgehead atoms. The molecule has 0 atom stereocenters. The van der Waals surface area contributed by atoms with Crippen LogP contribution in [0.4, 0.5) is 0 Å². The van der Waals surface area contributed by atoms with Crippen molar-refractivity contribution in [1.82, 2.24) is 0 Å². The minimum absolute atomic E-state index is 0. The highest BCUT2D eigenvalue weighted by molar-refractivity contribution is 5.31. The van der Waals surface area contributed by atoms with Gasteiger partial charge >= 0.3 is 0 Å². The second-order valence-electron chi connectivity index (χ2n) is 4.43. The van der Waals surface area contributed by atoms with Crippen molar-refractivity contribution in [3.05, 3.63) is 24.3 Å². The molecule has 0 saturated heterocycles. The van der Waals surface area contributed by atoms with E-state index in [9.17, 15) is 0 Å². The van der Waals surface area contributed by atoms with Crippen LogP contribution in [-0.4, -0.2) is 25.7 Å². The van der Waals surface area contributed by atoms with Crippen molar-refractivity contribution in [2.24, 2.45) is 17.4 Å². The van der Waals surface area contributed by atoms with Gasteiger partial charge < -0.3 is 20.7 Å². The number of rotatable bonds is 10. The maximum Gasteiger partial charge on any atom is 0.119 e. The van der Waals surface area contributed by atoms with Crippen LogP contribution in [-0.2, 0) is 0 Å². The summed E-state index contributed by atoms with van der Waals surface area (Å²) in [5.41, 5.74) is 5.45. The van der Waals surface area contributed by atoms with E-state index in [1.54, 1.807) is 7.11 Å². The monoisotopic (exact) mass is 301 g/mol. The number of benzene rings is 1. The summed E-state index contributed by atoms with van der Waals surface area (Å²) in [6.45, 7) is 1.61. The molecule has 1 aromatic rings. The van der Waals surface area contributed by atoms with Crippen LogP contribution in [0.15, 0.2) is 24.3 Å². The molecule has 0 aliphatic rings. The van der Waals surface area contributed by atoms with Gasteiger partial charge in [-0.2, -0.15) is 0 Å². The minimum Gasteiger partial charge on any atom is -0.497 e. The van der Waals surface area contributed by atoms with Crippen molar-refractivity contribution in [3.63, 3.8) is 0 Å². The molecular weight excluding hydrogens is 270 g/mol. The van der Waals surface area contributed by atoms with E-state index in [-0.39, 0.29) is 5.48 Å². The quantitative estimate of drug-likeness (QED) is 0.341. The van der Waals surface area contributed by atoms with Gasteiger partial charge in [0.15, 0.2) is 0 Å². The van der Waals surface area contributed by atoms with Crippen LogP contribution in [0.2, 0.25) is 0 Å². The highest BCUT2D eigenvalue weighted by Crippen LogP contribution is 2.17. The fourth-order valence-electron chi connectivity index (χ4n) is 1.82. The summed E-state index contributed by atoms with van der Waals surface area (Å²) in [6.07, 6.45) is 7.35. The lowest BCUT2D eigenvalue weighted by Gasteiger charge is -2.07. The Labute approximate surface area is 127 Å². The molecule has 6 heteroatoms. The molecule has 6 nitrogen and oxygen atoms in total. The lowest BCUT2D eigenvalue weighted by atomic mass is 10.1. The average molecular weight is 301 g/mol. The standard InChI is InChI=1S/C15H25NO2.H4N2.H2O/c1-17-14-8-10-15(11-9-14)18-13-7-5-3-2-4-6-12-16;1-2;/h8-11H,2-7,12-13,16H2,1H3;1-2H2;1H2. The molecule has 0 heterocycles. The van der Waals surface area contributed by atoms with Crippen molar-refractivity contribution < 1.29 is 14.9 Å². The summed E-state index contributed by atoms with van der Waals surface area (Å²) in [7, 11) is 1.67. The zero-order chi connectivity index (χ0) is 15.1. The largest absolute Gasteiger partial charge is 0.497 e. The van der Waals surface area contributed by atoms with Gasteiger partial charge in [0.2, 0.25) is 0 Å². The molecule has 1 rings (SSSR count). The molecule has 0 amide bonds. The van der Waals surface area contributed by atoms with E-state index in [0.717, 1.165) is 37.5 Å². The van der Waals surface area contributed by atoms with Crippen LogP contribution in [0.3, 0.4) is 0 Å². The first-order valence-corrected chi connectivity index (χ1v) is 7.17. The van der Waals surface area contributed by atoms with Crippen LogP contribution < -0.4 is 26.9 Å². The predicted octanol–water partition coefficient (Wildman–Crippen LogP) is 1.37. The SMILES string of the molecule is COc1ccc(OCCCCCCCCN)cc1.NN.O. The van der Waals surface area contributed by atoms with Crippen molar-refractivity contribution >= 4 is 0 Å². The Balaban J connectivity index is 0. The predicted molar refractivity (Wildman–Crippen MR) is 87.2 cm³/mol. The lowest BCUT2D eigenvalue weighted by Crippen LogP contribution is -2.02. The van der Waals surface area contributed by atoms with E-state index >= 15 is 0 Å². The fraction of sp³-hybridized carbons (Fsp3) is 0.600. The second-order valence-corrected chi connectivity index (χ2v) is 4.43. The van der Waals surface area contributed by atoms with Gasteiger partial charge in [-0.25, -0.2) is 0 Å². The zero-order valence-corrected chi connectivity index (χ0v) is 13.0. The van der Waals surface area contributed by atoms with Gasteiger partial charge in [-0.3, -0.25) is 11.7 Å². The fourth-order valence-corrected chi connectivity index (χ4v) is 1.82. The van der Waals surface area contributed by atoms with E-state index in [2.05, 4.69) is 11.7 Å². The van der Waals surface area contributed by atoms with Crippen molar-refractivity contribution in [3.8, 4) is 11.5 Å². The molecule has 0 saturated carbocycles. The van der Waals surface area contributed by atoms with Crippen LogP contribution in [0.5, 0.6) is 11.5 Å². The maximum absolute atomic E-state index is 5.66. The molecule has 0 spiro atoms. The highest BCUT2D eigenvalue weighted by atomic mass is 16.5. The molecule has 0 aliphatic heterocycles. The molecule has 0 radical (unpaired) electrons. The number of hydrogen-bond acceptors (Lipinski definition) is 5. The van der Waals surface area contributed by atoms with Gasteiger partial charge in [0.05, 0.1) is 13.7 Å². The Bertz CT molecular complexity index is 308. The first-order valence-electron chi connectivity index (χ1n) is 7.17. The zero-order valence-electron chi connectivity index (χ0n) is 13.0. The normalized spacial score (nSPS) is 9.14. The summed E-state index contributed by atoms with van der Waals surface area (Å²) in [4.78, 5) is 0. The summed E-state index contributed by atoms with van der Waals surface area (Å²) in [6, 6.07) is 7.73. The van der Waals surface area contributed by atoms with Gasteiger partial charge in [0, 0.05) is 0 Å². The van der Waals surface area contributed by atoms with Gasteiger partial charge in [-0.05, 0) is 43.7 Å². The summed E-state index contributed by atoms with van der Waals surface area (Å²) in [5, 5.41) is 0. The van der Waals surface area contributed by atoms with Gasteiger partial charge in [0.1, 0.15) is 11.5 Å². The third-order valence-electron chi connectivity index (χ3n) is 2.93. The van der Waals surface area contributed by atoms with Crippen LogP contribution in [0.25, 0.3) is 0 Å². The average Bonchev–Trinajstić information content (AvgIpc) is 2.52. The Morgan fingerprint density at radius 1 is 0.810 bits per heavy atom. The van der Waals surface area contributed by atoms with Gasteiger partial charge in [-0.15, -0.1) is 0 Å².